The van der Waals surface area contributed by atoms with Gasteiger partial charge in [-0.25, -0.2) is 4.98 Å². The fourth-order valence-corrected chi connectivity index (χ4v) is 2.72. The normalized spacial score (nSPS) is 20.5. The molecule has 20 heavy (non-hydrogen) atoms. The van der Waals surface area contributed by atoms with Gasteiger partial charge < -0.3 is 19.5 Å². The summed E-state index contributed by atoms with van der Waals surface area (Å²) in [6.07, 6.45) is 4.36. The van der Waals surface area contributed by atoms with Gasteiger partial charge in [0.15, 0.2) is 11.5 Å². The van der Waals surface area contributed by atoms with Gasteiger partial charge in [0.1, 0.15) is 5.82 Å². The van der Waals surface area contributed by atoms with E-state index in [1.807, 2.05) is 24.4 Å². The highest BCUT2D eigenvalue weighted by Crippen LogP contribution is 2.37. The van der Waals surface area contributed by atoms with Gasteiger partial charge in [-0.3, -0.25) is 0 Å². The molecule has 5 heteroatoms. The highest BCUT2D eigenvalue weighted by Gasteiger charge is 2.18. The first-order valence-corrected chi connectivity index (χ1v) is 6.94. The van der Waals surface area contributed by atoms with E-state index in [0.717, 1.165) is 54.1 Å². The highest BCUT2D eigenvalue weighted by atomic mass is 16.7. The third-order valence-electron chi connectivity index (χ3n) is 3.78. The van der Waals surface area contributed by atoms with E-state index in [2.05, 4.69) is 10.3 Å². The Morgan fingerprint density at radius 3 is 3.00 bits per heavy atom. The molecule has 1 saturated heterocycles. The van der Waals surface area contributed by atoms with Crippen LogP contribution in [-0.4, -0.2) is 31.0 Å². The summed E-state index contributed by atoms with van der Waals surface area (Å²) in [6.45, 7) is 1.95. The molecular formula is C15H16N2O3. The number of nitrogens with zero attached hydrogens (tertiary/aromatic N) is 1. The monoisotopic (exact) mass is 272 g/mol. The van der Waals surface area contributed by atoms with Crippen LogP contribution in [0.25, 0.3) is 10.8 Å². The third-order valence-corrected chi connectivity index (χ3v) is 3.78. The first-order valence-electron chi connectivity index (χ1n) is 6.94. The van der Waals surface area contributed by atoms with E-state index in [-0.39, 0.29) is 6.79 Å². The second kappa shape index (κ2) is 4.83. The van der Waals surface area contributed by atoms with Gasteiger partial charge in [0.25, 0.3) is 0 Å². The number of hydrogen-bond donors (Lipinski definition) is 1. The predicted octanol–water partition coefficient (Wildman–Crippen LogP) is 2.55. The van der Waals surface area contributed by atoms with Crippen molar-refractivity contribution in [2.75, 3.05) is 25.3 Å². The average molecular weight is 272 g/mol. The van der Waals surface area contributed by atoms with Gasteiger partial charge in [-0.05, 0) is 36.4 Å². The summed E-state index contributed by atoms with van der Waals surface area (Å²) < 4.78 is 16.5. The van der Waals surface area contributed by atoms with Gasteiger partial charge in [0, 0.05) is 24.7 Å². The molecule has 0 spiro atoms. The summed E-state index contributed by atoms with van der Waals surface area (Å²) in [5.41, 5.74) is 0. The Labute approximate surface area is 116 Å². The molecule has 1 atom stereocenters. The van der Waals surface area contributed by atoms with E-state index in [0.29, 0.717) is 6.10 Å². The molecule has 1 unspecified atom stereocenters. The number of nitrogens with one attached hydrogen (secondary N) is 1. The summed E-state index contributed by atoms with van der Waals surface area (Å²) in [6, 6.07) is 5.97. The molecule has 104 valence electrons. The van der Waals surface area contributed by atoms with Crippen LogP contribution in [0.3, 0.4) is 0 Å². The number of aromatic nitrogens is 1. The number of fused-ring (bicyclic) bond motifs is 2. The molecule has 1 aromatic heterocycles. The fourth-order valence-electron chi connectivity index (χ4n) is 2.72. The van der Waals surface area contributed by atoms with E-state index in [1.54, 1.807) is 0 Å². The third kappa shape index (κ3) is 2.04. The number of ether oxygens (including phenoxy) is 3. The summed E-state index contributed by atoms with van der Waals surface area (Å²) >= 11 is 0. The minimum absolute atomic E-state index is 0.289. The zero-order valence-electron chi connectivity index (χ0n) is 11.1. The lowest BCUT2D eigenvalue weighted by atomic mass is 10.1. The molecule has 2 aliphatic rings. The molecule has 1 N–H and O–H groups in total. The molecule has 3 heterocycles. The minimum atomic E-state index is 0.289. The summed E-state index contributed by atoms with van der Waals surface area (Å²) in [4.78, 5) is 4.43. The Morgan fingerprint density at radius 1 is 1.25 bits per heavy atom. The molecular weight excluding hydrogens is 256 g/mol. The van der Waals surface area contributed by atoms with E-state index < -0.39 is 0 Å². The van der Waals surface area contributed by atoms with Crippen molar-refractivity contribution in [2.45, 2.75) is 18.9 Å². The van der Waals surface area contributed by atoms with Gasteiger partial charge in [-0.1, -0.05) is 0 Å². The first kappa shape index (κ1) is 11.8. The topological polar surface area (TPSA) is 52.6 Å². The maximum atomic E-state index is 5.63. The van der Waals surface area contributed by atoms with Crippen LogP contribution in [0.4, 0.5) is 5.82 Å². The number of benzene rings is 1. The van der Waals surface area contributed by atoms with E-state index >= 15 is 0 Å². The van der Waals surface area contributed by atoms with Gasteiger partial charge >= 0.3 is 0 Å². The summed E-state index contributed by atoms with van der Waals surface area (Å²) in [5.74, 6) is 2.45. The molecule has 1 fully saturated rings. The van der Waals surface area contributed by atoms with Crippen LogP contribution in [0, 0.1) is 0 Å². The maximum absolute atomic E-state index is 5.63. The van der Waals surface area contributed by atoms with Gasteiger partial charge in [0.2, 0.25) is 6.79 Å². The van der Waals surface area contributed by atoms with Crippen molar-refractivity contribution in [1.29, 1.82) is 0 Å². The second-order valence-corrected chi connectivity index (χ2v) is 5.10. The second-order valence-electron chi connectivity index (χ2n) is 5.10. The molecule has 0 amide bonds. The number of anilines is 1. The Bertz CT molecular complexity index is 638. The van der Waals surface area contributed by atoms with Gasteiger partial charge in [0.05, 0.1) is 6.10 Å². The quantitative estimate of drug-likeness (QED) is 0.930. The zero-order valence-corrected chi connectivity index (χ0v) is 11.1. The molecule has 4 rings (SSSR count). The Balaban J connectivity index is 1.64. The number of pyridine rings is 1. The molecule has 1 aromatic carbocycles. The van der Waals surface area contributed by atoms with Crippen LogP contribution in [0.5, 0.6) is 11.5 Å². The van der Waals surface area contributed by atoms with Gasteiger partial charge in [-0.15, -0.1) is 0 Å². The van der Waals surface area contributed by atoms with Crippen LogP contribution < -0.4 is 14.8 Å². The SMILES string of the molecule is c1cc2cc3c(cc2c(NCC2CCCO2)n1)OCO3. The van der Waals surface area contributed by atoms with Crippen molar-refractivity contribution >= 4 is 16.6 Å². The van der Waals surface area contributed by atoms with Gasteiger partial charge in [-0.2, -0.15) is 0 Å². The van der Waals surface area contributed by atoms with Crippen molar-refractivity contribution in [1.82, 2.24) is 4.98 Å². The molecule has 0 radical (unpaired) electrons. The van der Waals surface area contributed by atoms with E-state index in [1.165, 1.54) is 0 Å². The molecule has 5 nitrogen and oxygen atoms in total. The summed E-state index contributed by atoms with van der Waals surface area (Å²) in [5, 5.41) is 5.54. The van der Waals surface area contributed by atoms with Crippen LogP contribution >= 0.6 is 0 Å². The Hall–Kier alpha value is -2.01. The smallest absolute Gasteiger partial charge is 0.231 e. The van der Waals surface area contributed by atoms with E-state index in [9.17, 15) is 0 Å². The van der Waals surface area contributed by atoms with Crippen molar-refractivity contribution < 1.29 is 14.2 Å². The zero-order chi connectivity index (χ0) is 13.4. The van der Waals surface area contributed by atoms with Crippen LogP contribution in [0.2, 0.25) is 0 Å². The highest BCUT2D eigenvalue weighted by molar-refractivity contribution is 5.94. The van der Waals surface area contributed by atoms with Crippen molar-refractivity contribution in [3.63, 3.8) is 0 Å². The first-order chi connectivity index (χ1) is 9.90. The Morgan fingerprint density at radius 2 is 2.15 bits per heavy atom. The molecule has 0 saturated carbocycles. The minimum Gasteiger partial charge on any atom is -0.454 e. The van der Waals surface area contributed by atoms with Crippen molar-refractivity contribution in [3.8, 4) is 11.5 Å². The van der Waals surface area contributed by atoms with Crippen molar-refractivity contribution in [3.05, 3.63) is 24.4 Å². The van der Waals surface area contributed by atoms with Crippen LogP contribution in [-0.2, 0) is 4.74 Å². The van der Waals surface area contributed by atoms with Crippen LogP contribution in [0.1, 0.15) is 12.8 Å². The summed E-state index contributed by atoms with van der Waals surface area (Å²) in [7, 11) is 0. The maximum Gasteiger partial charge on any atom is 0.231 e. The number of rotatable bonds is 3. The lowest BCUT2D eigenvalue weighted by Crippen LogP contribution is -2.19. The number of hydrogen-bond acceptors (Lipinski definition) is 5. The average Bonchev–Trinajstić information content (AvgIpc) is 3.13. The largest absolute Gasteiger partial charge is 0.454 e. The van der Waals surface area contributed by atoms with Crippen molar-refractivity contribution in [2.24, 2.45) is 0 Å². The molecule has 0 aliphatic carbocycles. The van der Waals surface area contributed by atoms with E-state index in [4.69, 9.17) is 14.2 Å². The predicted molar refractivity (Wildman–Crippen MR) is 75.3 cm³/mol. The fraction of sp³-hybridized carbons (Fsp3) is 0.400. The lowest BCUT2D eigenvalue weighted by Gasteiger charge is -2.13. The molecule has 0 bridgehead atoms. The molecule has 2 aliphatic heterocycles. The lowest BCUT2D eigenvalue weighted by molar-refractivity contribution is 0.120. The van der Waals surface area contributed by atoms with Crippen LogP contribution in [0.15, 0.2) is 24.4 Å². The molecule has 2 aromatic rings. The standard InChI is InChI=1S/C15H16N2O3/c1-2-11(18-5-1)8-17-15-12-7-14-13(19-9-20-14)6-10(12)3-4-16-15/h3-4,6-7,11H,1-2,5,8-9H2,(H,16,17). The Kier molecular flexibility index (Phi) is 2.85.